The number of aryl methyl sites for hydroxylation is 1. The van der Waals surface area contributed by atoms with E-state index in [1.807, 2.05) is 0 Å². The van der Waals surface area contributed by atoms with E-state index in [0.717, 1.165) is 7.05 Å². The van der Waals surface area contributed by atoms with Crippen LogP contribution >= 0.6 is 0 Å². The molecule has 2 rings (SSSR count). The lowest BCUT2D eigenvalue weighted by Gasteiger charge is -2.10. The minimum Gasteiger partial charge on any atom is -0.282 e. The van der Waals surface area contributed by atoms with E-state index < -0.39 is 27.0 Å². The number of hydrogen-bond acceptors (Lipinski definition) is 4. The van der Waals surface area contributed by atoms with Gasteiger partial charge in [0.05, 0.1) is 11.1 Å². The summed E-state index contributed by atoms with van der Waals surface area (Å²) in [5, 5.41) is 7.30. The maximum absolute atomic E-state index is 13.5. The third kappa shape index (κ3) is 2.18. The Morgan fingerprint density at radius 1 is 1.30 bits per heavy atom. The molecule has 1 aromatic carbocycles. The van der Waals surface area contributed by atoms with Gasteiger partial charge in [-0.25, -0.2) is 17.6 Å². The Morgan fingerprint density at radius 2 is 1.95 bits per heavy atom. The van der Waals surface area contributed by atoms with Crippen molar-refractivity contribution in [3.63, 3.8) is 0 Å². The molecule has 106 valence electrons. The average Bonchev–Trinajstić information content (AvgIpc) is 2.40. The van der Waals surface area contributed by atoms with Crippen LogP contribution in [0.5, 0.6) is 0 Å². The van der Waals surface area contributed by atoms with Crippen LogP contribution in [0.4, 0.5) is 4.39 Å². The highest BCUT2D eigenvalue weighted by Gasteiger charge is 2.21. The first kappa shape index (κ1) is 14.2. The van der Waals surface area contributed by atoms with E-state index in [-0.39, 0.29) is 4.90 Å². The molecule has 0 atom stereocenters. The predicted molar refractivity (Wildman–Crippen MR) is 69.2 cm³/mol. The zero-order valence-electron chi connectivity index (χ0n) is 10.8. The molecule has 0 saturated carbocycles. The van der Waals surface area contributed by atoms with Crippen molar-refractivity contribution < 1.29 is 12.8 Å². The van der Waals surface area contributed by atoms with Gasteiger partial charge < -0.3 is 0 Å². The summed E-state index contributed by atoms with van der Waals surface area (Å²) in [4.78, 5) is 11.8. The molecule has 0 bridgehead atoms. The van der Waals surface area contributed by atoms with Crippen molar-refractivity contribution in [2.75, 3.05) is 0 Å². The van der Waals surface area contributed by atoms with Gasteiger partial charge in [-0.15, -0.1) is 0 Å². The van der Waals surface area contributed by atoms with Crippen molar-refractivity contribution in [1.29, 1.82) is 5.41 Å². The highest BCUT2D eigenvalue weighted by molar-refractivity contribution is 7.90. The first-order chi connectivity index (χ1) is 9.25. The number of benzene rings is 1. The molecule has 0 amide bonds. The largest absolute Gasteiger partial charge is 0.343 e. The van der Waals surface area contributed by atoms with E-state index in [1.54, 1.807) is 13.0 Å². The summed E-state index contributed by atoms with van der Waals surface area (Å²) in [6.07, 6.45) is 0.516. The fraction of sp³-hybridized carbons (Fsp3) is 0.167. The Kier molecular flexibility index (Phi) is 3.34. The lowest BCUT2D eigenvalue weighted by Crippen LogP contribution is -2.41. The first-order valence-corrected chi connectivity index (χ1v) is 7.04. The molecule has 0 aliphatic rings. The number of rotatable bonds is 2. The minimum atomic E-state index is -4.19. The molecule has 2 aromatic rings. The molecular formula is C12H12FN3O3S. The fourth-order valence-electron chi connectivity index (χ4n) is 1.68. The van der Waals surface area contributed by atoms with Gasteiger partial charge >= 0.3 is 5.69 Å². The monoisotopic (exact) mass is 297 g/mol. The molecule has 6 nitrogen and oxygen atoms in total. The van der Waals surface area contributed by atoms with Crippen LogP contribution < -0.4 is 11.2 Å². The summed E-state index contributed by atoms with van der Waals surface area (Å²) in [5.74, 6) is -1.09. The van der Waals surface area contributed by atoms with Crippen molar-refractivity contribution in [3.8, 4) is 0 Å². The minimum absolute atomic E-state index is 0.114. The molecule has 1 aromatic heterocycles. The lowest BCUT2D eigenvalue weighted by atomic mass is 10.2. The Morgan fingerprint density at radius 3 is 2.55 bits per heavy atom. The summed E-state index contributed by atoms with van der Waals surface area (Å²) < 4.78 is 39.1. The Balaban J connectivity index is 2.81. The summed E-state index contributed by atoms with van der Waals surface area (Å²) in [7, 11) is -3.06. The van der Waals surface area contributed by atoms with E-state index in [9.17, 15) is 17.6 Å². The van der Waals surface area contributed by atoms with E-state index in [2.05, 4.69) is 0 Å². The van der Waals surface area contributed by atoms with Crippen LogP contribution in [0.2, 0.25) is 0 Å². The second-order valence-electron chi connectivity index (χ2n) is 4.28. The molecule has 0 radical (unpaired) electrons. The quantitative estimate of drug-likeness (QED) is 0.868. The highest BCUT2D eigenvalue weighted by Crippen LogP contribution is 2.13. The van der Waals surface area contributed by atoms with E-state index in [4.69, 9.17) is 5.41 Å². The van der Waals surface area contributed by atoms with Crippen molar-refractivity contribution >= 4 is 10.0 Å². The van der Waals surface area contributed by atoms with E-state index in [1.165, 1.54) is 18.2 Å². The number of hydrogen-bond donors (Lipinski definition) is 1. The number of aromatic nitrogens is 2. The van der Waals surface area contributed by atoms with Gasteiger partial charge in [-0.1, -0.05) is 12.1 Å². The van der Waals surface area contributed by atoms with Crippen molar-refractivity contribution in [2.45, 2.75) is 11.8 Å². The van der Waals surface area contributed by atoms with Gasteiger partial charge in [-0.3, -0.25) is 9.98 Å². The number of nitrogens with one attached hydrogen (secondary N) is 1. The predicted octanol–water partition coefficient (Wildman–Crippen LogP) is 0.351. The van der Waals surface area contributed by atoms with Gasteiger partial charge in [0.15, 0.2) is 11.3 Å². The van der Waals surface area contributed by atoms with Crippen LogP contribution in [0.15, 0.2) is 40.2 Å². The molecule has 0 fully saturated rings. The van der Waals surface area contributed by atoms with Crippen LogP contribution in [0.25, 0.3) is 0 Å². The second kappa shape index (κ2) is 4.71. The van der Waals surface area contributed by atoms with Gasteiger partial charge in [-0.2, -0.15) is 3.97 Å². The van der Waals surface area contributed by atoms with Crippen LogP contribution in [-0.2, 0) is 17.1 Å². The summed E-state index contributed by atoms with van der Waals surface area (Å²) in [6.45, 7) is 1.70. The third-order valence-electron chi connectivity index (χ3n) is 2.81. The van der Waals surface area contributed by atoms with Crippen LogP contribution in [-0.4, -0.2) is 17.0 Å². The SMILES string of the molecule is Cc1cccc(S(=O)(=O)n2cc(F)c(=N)n(C)c2=O)c1. The molecule has 0 spiro atoms. The smallest absolute Gasteiger partial charge is 0.282 e. The molecule has 0 saturated heterocycles. The van der Waals surface area contributed by atoms with Crippen molar-refractivity contribution in [3.05, 3.63) is 57.8 Å². The maximum atomic E-state index is 13.5. The summed E-state index contributed by atoms with van der Waals surface area (Å²) in [5.41, 5.74) is -0.982. The summed E-state index contributed by atoms with van der Waals surface area (Å²) >= 11 is 0. The lowest BCUT2D eigenvalue weighted by molar-refractivity contribution is 0.534. The van der Waals surface area contributed by atoms with Crippen LogP contribution in [0.3, 0.4) is 0 Å². The molecule has 0 aliphatic heterocycles. The van der Waals surface area contributed by atoms with Crippen LogP contribution in [0, 0.1) is 18.2 Å². The fourth-order valence-corrected chi connectivity index (χ4v) is 3.06. The molecule has 0 unspecified atom stereocenters. The molecule has 1 N–H and O–H groups in total. The Bertz CT molecular complexity index is 897. The van der Waals surface area contributed by atoms with Crippen molar-refractivity contribution in [2.24, 2.45) is 7.05 Å². The standard InChI is InChI=1S/C12H12FN3O3S/c1-8-4-3-5-9(6-8)20(18,19)16-7-10(13)11(14)15(2)12(16)17/h3-7,14H,1-2H3. The molecule has 8 heteroatoms. The first-order valence-electron chi connectivity index (χ1n) is 5.60. The van der Waals surface area contributed by atoms with Gasteiger partial charge in [0, 0.05) is 7.05 Å². The highest BCUT2D eigenvalue weighted by atomic mass is 32.2. The number of nitrogens with zero attached hydrogens (tertiary/aromatic N) is 2. The average molecular weight is 297 g/mol. The topological polar surface area (TPSA) is 84.9 Å². The second-order valence-corrected chi connectivity index (χ2v) is 6.10. The van der Waals surface area contributed by atoms with Gasteiger partial charge in [0.1, 0.15) is 0 Å². The maximum Gasteiger partial charge on any atom is 0.343 e. The third-order valence-corrected chi connectivity index (χ3v) is 4.44. The normalized spacial score (nSPS) is 11.6. The molecule has 20 heavy (non-hydrogen) atoms. The Labute approximate surface area is 114 Å². The Hall–Kier alpha value is -2.22. The molecule has 1 heterocycles. The molecular weight excluding hydrogens is 285 g/mol. The zero-order valence-corrected chi connectivity index (χ0v) is 11.6. The van der Waals surface area contributed by atoms with Gasteiger partial charge in [0.2, 0.25) is 0 Å². The van der Waals surface area contributed by atoms with E-state index in [0.29, 0.717) is 20.3 Å². The van der Waals surface area contributed by atoms with E-state index >= 15 is 0 Å². The van der Waals surface area contributed by atoms with Crippen molar-refractivity contribution in [1.82, 2.24) is 8.54 Å². The molecule has 0 aliphatic carbocycles. The zero-order chi connectivity index (χ0) is 15.1. The number of halogens is 1. The van der Waals surface area contributed by atoms with Crippen LogP contribution in [0.1, 0.15) is 5.56 Å². The van der Waals surface area contributed by atoms with Gasteiger partial charge in [0.25, 0.3) is 10.0 Å². The van der Waals surface area contributed by atoms with Gasteiger partial charge in [-0.05, 0) is 24.6 Å². The summed E-state index contributed by atoms with van der Waals surface area (Å²) in [6, 6.07) is 5.94.